The number of aliphatic hydroxyl groups is 1. The molecule has 2 saturated heterocycles. The number of carbonyl (C=O) groups excluding carboxylic acids is 6. The SMILES string of the molecule is C=C1C[C@H]2C=Nc3cc(OCCCCCOc4cc5c(cc4C)C(=O)N4CC(=C)C[C@H]4C(O)N5C(=O)OCc4ccc(CC(=O)OCc5cc6c(n5C)C(=O)C=C(OC)C6=O)cc4)c(OC)cc3C(=O)N2C1. The van der Waals surface area contributed by atoms with Crippen molar-refractivity contribution in [2.75, 3.05) is 45.4 Å². The maximum atomic E-state index is 14.1. The molecule has 0 saturated carbocycles. The molecule has 9 rings (SSSR count). The van der Waals surface area contributed by atoms with Gasteiger partial charge in [0.2, 0.25) is 11.6 Å². The summed E-state index contributed by atoms with van der Waals surface area (Å²) in [4.78, 5) is 88.7. The number of unbranched alkanes of at least 4 members (excludes halogenated alkanes) is 2. The van der Waals surface area contributed by atoms with Crippen LogP contribution in [0.4, 0.5) is 16.2 Å². The Balaban J connectivity index is 0.797. The number of aliphatic imine (C=N–C) groups is 1. The van der Waals surface area contributed by atoms with Gasteiger partial charge in [0, 0.05) is 44.6 Å². The summed E-state index contributed by atoms with van der Waals surface area (Å²) in [7, 11) is 4.46. The first kappa shape index (κ1) is 49.0. The molecule has 0 radical (unpaired) electrons. The Kier molecular flexibility index (Phi) is 13.9. The highest BCUT2D eigenvalue weighted by molar-refractivity contribution is 6.23. The van der Waals surface area contributed by atoms with Gasteiger partial charge in [0.05, 0.1) is 79.7 Å². The van der Waals surface area contributed by atoms with Crippen LogP contribution in [-0.4, -0.2) is 120 Å². The van der Waals surface area contributed by atoms with E-state index in [0.29, 0.717) is 96.3 Å². The standard InChI is InChI=1S/C54H55N5O13/c1-30-16-35-25-55-40-22-46(45(67-5)21-37(40)51(63)57(35)26-30)70-15-9-7-8-14-69-44-23-41-38(18-32(44)3)52(64)58-27-31(2)17-42(58)53(65)59(41)54(66)72-28-34-12-10-33(11-13-34)19-48(61)71-29-36-20-39-49(56(36)4)43(60)24-47(68-6)50(39)62/h10-13,18,20-25,35,42,53,65H,1-2,7-9,14-17,19,26-29H2,3-6H3/t35-,42-,53?/m0/s1. The monoisotopic (exact) mass is 981 g/mol. The van der Waals surface area contributed by atoms with E-state index in [-0.39, 0.29) is 78.1 Å². The van der Waals surface area contributed by atoms with Crippen molar-refractivity contribution in [2.24, 2.45) is 12.0 Å². The second-order valence-corrected chi connectivity index (χ2v) is 18.5. The molecule has 4 aliphatic heterocycles. The number of esters is 1. The normalized spacial score (nSPS) is 18.9. The van der Waals surface area contributed by atoms with E-state index in [9.17, 15) is 33.9 Å². The van der Waals surface area contributed by atoms with Crippen molar-refractivity contribution in [1.29, 1.82) is 0 Å². The maximum absolute atomic E-state index is 14.1. The molecule has 1 unspecified atom stereocenters. The number of hydrogen-bond acceptors (Lipinski definition) is 14. The molecule has 5 aliphatic rings. The molecular formula is C54H55N5O13. The number of aryl methyl sites for hydroxylation is 1. The van der Waals surface area contributed by atoms with E-state index in [4.69, 9.17) is 28.4 Å². The van der Waals surface area contributed by atoms with Gasteiger partial charge < -0.3 is 47.9 Å². The van der Waals surface area contributed by atoms with Crippen LogP contribution in [0.2, 0.25) is 0 Å². The first-order chi connectivity index (χ1) is 34.6. The van der Waals surface area contributed by atoms with Gasteiger partial charge in [-0.2, -0.15) is 0 Å². The number of benzene rings is 3. The van der Waals surface area contributed by atoms with Crippen LogP contribution in [0.25, 0.3) is 0 Å². The van der Waals surface area contributed by atoms with Crippen molar-refractivity contribution in [3.05, 3.63) is 136 Å². The third-order valence-corrected chi connectivity index (χ3v) is 13.5. The van der Waals surface area contributed by atoms with E-state index in [1.165, 1.54) is 29.8 Å². The molecule has 3 amide bonds. The largest absolute Gasteiger partial charge is 0.493 e. The van der Waals surface area contributed by atoms with E-state index >= 15 is 0 Å². The number of ketones is 2. The highest BCUT2D eigenvalue weighted by Crippen LogP contribution is 2.41. The zero-order valence-corrected chi connectivity index (χ0v) is 40.6. The Morgan fingerprint density at radius 2 is 1.46 bits per heavy atom. The first-order valence-electron chi connectivity index (χ1n) is 23.7. The van der Waals surface area contributed by atoms with Gasteiger partial charge in [-0.15, -0.1) is 0 Å². The van der Waals surface area contributed by atoms with Gasteiger partial charge in [-0.1, -0.05) is 48.6 Å². The molecule has 3 aromatic carbocycles. The van der Waals surface area contributed by atoms with E-state index in [1.54, 1.807) is 66.7 Å². The van der Waals surface area contributed by atoms with Gasteiger partial charge in [-0.05, 0) is 73.9 Å². The summed E-state index contributed by atoms with van der Waals surface area (Å²) in [6, 6.07) is 14.1. The fourth-order valence-corrected chi connectivity index (χ4v) is 9.69. The molecule has 2 fully saturated rings. The second kappa shape index (κ2) is 20.4. The van der Waals surface area contributed by atoms with Gasteiger partial charge in [0.1, 0.15) is 24.7 Å². The molecule has 0 spiro atoms. The van der Waals surface area contributed by atoms with Crippen LogP contribution in [-0.2, 0) is 45.7 Å². The van der Waals surface area contributed by atoms with Crippen molar-refractivity contribution < 1.29 is 62.3 Å². The van der Waals surface area contributed by atoms with E-state index in [1.807, 2.05) is 6.92 Å². The van der Waals surface area contributed by atoms with Gasteiger partial charge in [-0.3, -0.25) is 29.0 Å². The number of aliphatic hydroxyl groups excluding tert-OH is 1. The Hall–Kier alpha value is -7.99. The zero-order valence-electron chi connectivity index (χ0n) is 40.6. The van der Waals surface area contributed by atoms with Crippen LogP contribution < -0.4 is 19.1 Å². The number of amides is 3. The summed E-state index contributed by atoms with van der Waals surface area (Å²) >= 11 is 0. The molecule has 1 aromatic heterocycles. The average Bonchev–Trinajstić information content (AvgIpc) is 4.03. The van der Waals surface area contributed by atoms with Crippen molar-refractivity contribution >= 4 is 53.0 Å². The first-order valence-corrected chi connectivity index (χ1v) is 23.7. The number of carbonyl (C=O) groups is 6. The number of anilines is 1. The van der Waals surface area contributed by atoms with Crippen molar-refractivity contribution in [2.45, 2.75) is 77.0 Å². The molecule has 18 nitrogen and oxygen atoms in total. The molecule has 3 atom stereocenters. The van der Waals surface area contributed by atoms with Crippen molar-refractivity contribution in [1.82, 2.24) is 14.4 Å². The minimum atomic E-state index is -1.46. The number of Topliss-reactive ketones (excluding diaryl/α,β-unsaturated/α-hetero) is 1. The topological polar surface area (TPSA) is 205 Å². The van der Waals surface area contributed by atoms with Gasteiger partial charge in [-0.25, -0.2) is 9.69 Å². The lowest BCUT2D eigenvalue weighted by Gasteiger charge is -2.31. The van der Waals surface area contributed by atoms with Crippen LogP contribution in [0.15, 0.2) is 95.7 Å². The van der Waals surface area contributed by atoms with Gasteiger partial charge in [0.25, 0.3) is 11.8 Å². The summed E-state index contributed by atoms with van der Waals surface area (Å²) in [5.74, 6) is -0.519. The molecule has 374 valence electrons. The number of nitrogens with zero attached hydrogens (tertiary/aromatic N) is 5. The highest BCUT2D eigenvalue weighted by atomic mass is 16.6. The number of methoxy groups -OCH3 is 2. The highest BCUT2D eigenvalue weighted by Gasteiger charge is 2.46. The van der Waals surface area contributed by atoms with Gasteiger partial charge >= 0.3 is 12.1 Å². The number of fused-ring (bicyclic) bond motifs is 5. The number of rotatable bonds is 16. The number of hydrogen-bond donors (Lipinski definition) is 1. The summed E-state index contributed by atoms with van der Waals surface area (Å²) in [6.45, 7) is 11.0. The average molecular weight is 982 g/mol. The second-order valence-electron chi connectivity index (χ2n) is 18.5. The third kappa shape index (κ3) is 9.61. The minimum absolute atomic E-state index is 0.0581. The predicted octanol–water partition coefficient (Wildman–Crippen LogP) is 6.90. The molecule has 1 aliphatic carbocycles. The summed E-state index contributed by atoms with van der Waals surface area (Å²) in [5, 5.41) is 11.8. The quantitative estimate of drug-likeness (QED) is 0.0690. The summed E-state index contributed by atoms with van der Waals surface area (Å²) in [6.07, 6.45) is 3.58. The lowest BCUT2D eigenvalue weighted by molar-refractivity contribution is -0.144. The number of aromatic nitrogens is 1. The van der Waals surface area contributed by atoms with Crippen LogP contribution >= 0.6 is 0 Å². The molecule has 4 aromatic rings. The molecule has 5 heterocycles. The zero-order chi connectivity index (χ0) is 51.0. The minimum Gasteiger partial charge on any atom is -0.493 e. The third-order valence-electron chi connectivity index (χ3n) is 13.5. The Labute approximate surface area is 415 Å². The van der Waals surface area contributed by atoms with Crippen LogP contribution in [0.5, 0.6) is 17.2 Å². The lowest BCUT2D eigenvalue weighted by atomic mass is 10.0. The Morgan fingerprint density at radius 3 is 2.19 bits per heavy atom. The van der Waals surface area contributed by atoms with E-state index in [2.05, 4.69) is 18.2 Å². The summed E-state index contributed by atoms with van der Waals surface area (Å²) < 4.78 is 35.8. The van der Waals surface area contributed by atoms with Crippen LogP contribution in [0.3, 0.4) is 0 Å². The number of allylic oxidation sites excluding steroid dienone is 2. The van der Waals surface area contributed by atoms with E-state index in [0.717, 1.165) is 28.5 Å². The molecule has 72 heavy (non-hydrogen) atoms. The smallest absolute Gasteiger partial charge is 0.416 e. The Morgan fingerprint density at radius 1 is 0.764 bits per heavy atom. The van der Waals surface area contributed by atoms with Crippen LogP contribution in [0.1, 0.15) is 96.1 Å². The Bertz CT molecular complexity index is 2990. The van der Waals surface area contributed by atoms with Gasteiger partial charge in [0.15, 0.2) is 23.5 Å². The molecule has 0 bridgehead atoms. The lowest BCUT2D eigenvalue weighted by Crippen LogP contribution is -2.50. The predicted molar refractivity (Wildman–Crippen MR) is 262 cm³/mol. The van der Waals surface area contributed by atoms with Crippen LogP contribution in [0, 0.1) is 6.92 Å². The van der Waals surface area contributed by atoms with E-state index < -0.39 is 30.1 Å². The molecule has 1 N–H and O–H groups in total. The number of ether oxygens (including phenoxy) is 6. The fourth-order valence-electron chi connectivity index (χ4n) is 9.69. The molecular weight excluding hydrogens is 927 g/mol. The van der Waals surface area contributed by atoms with Crippen molar-refractivity contribution in [3.8, 4) is 17.2 Å². The van der Waals surface area contributed by atoms with Crippen molar-refractivity contribution in [3.63, 3.8) is 0 Å². The maximum Gasteiger partial charge on any atom is 0.416 e. The summed E-state index contributed by atoms with van der Waals surface area (Å²) in [5.41, 5.74) is 5.80. The fraction of sp³-hybridized carbons (Fsp3) is 0.352. The molecule has 18 heteroatoms.